The average molecular weight is 415 g/mol. The monoisotopic (exact) mass is 415 g/mol. The molecule has 0 spiro atoms. The van der Waals surface area contributed by atoms with Crippen LogP contribution in [0.25, 0.3) is 6.08 Å². The lowest BCUT2D eigenvalue weighted by molar-refractivity contribution is -0.113. The Labute approximate surface area is 172 Å². The first-order chi connectivity index (χ1) is 13.5. The Balaban J connectivity index is 1.97. The van der Waals surface area contributed by atoms with Crippen LogP contribution >= 0.6 is 24.0 Å². The van der Waals surface area contributed by atoms with E-state index in [9.17, 15) is 9.59 Å². The van der Waals surface area contributed by atoms with E-state index in [1.54, 1.807) is 56.7 Å². The van der Waals surface area contributed by atoms with Gasteiger partial charge in [0.15, 0.2) is 15.8 Å². The molecule has 0 atom stereocenters. The molecule has 1 amide bonds. The van der Waals surface area contributed by atoms with Crippen LogP contribution in [0.3, 0.4) is 0 Å². The summed E-state index contributed by atoms with van der Waals surface area (Å²) < 4.78 is 15.7. The van der Waals surface area contributed by atoms with Crippen LogP contribution < -0.4 is 14.4 Å². The van der Waals surface area contributed by atoms with Gasteiger partial charge in [0.25, 0.3) is 5.91 Å². The van der Waals surface area contributed by atoms with E-state index in [1.807, 2.05) is 6.07 Å². The number of hydrogen-bond donors (Lipinski definition) is 0. The van der Waals surface area contributed by atoms with Gasteiger partial charge in [0.2, 0.25) is 0 Å². The Morgan fingerprint density at radius 2 is 1.79 bits per heavy atom. The maximum atomic E-state index is 13.0. The Morgan fingerprint density at radius 1 is 1.07 bits per heavy atom. The van der Waals surface area contributed by atoms with Crippen molar-refractivity contribution in [3.63, 3.8) is 0 Å². The molecule has 0 bridgehead atoms. The largest absolute Gasteiger partial charge is 0.493 e. The van der Waals surface area contributed by atoms with Gasteiger partial charge in [-0.2, -0.15) is 0 Å². The van der Waals surface area contributed by atoms with Crippen molar-refractivity contribution < 1.29 is 23.8 Å². The molecule has 3 rings (SSSR count). The second kappa shape index (κ2) is 8.45. The highest BCUT2D eigenvalue weighted by Crippen LogP contribution is 2.38. The van der Waals surface area contributed by atoms with Gasteiger partial charge in [-0.05, 0) is 35.9 Å². The number of carbonyl (C=O) groups is 2. The zero-order valence-electron chi connectivity index (χ0n) is 15.4. The molecule has 28 heavy (non-hydrogen) atoms. The maximum absolute atomic E-state index is 13.0. The first kappa shape index (κ1) is 19.9. The molecule has 1 saturated heterocycles. The van der Waals surface area contributed by atoms with Gasteiger partial charge >= 0.3 is 5.97 Å². The summed E-state index contributed by atoms with van der Waals surface area (Å²) in [6.45, 7) is 0. The van der Waals surface area contributed by atoms with E-state index in [4.69, 9.17) is 26.4 Å². The molecule has 1 heterocycles. The SMILES string of the molecule is COC(=O)c1ccccc1N1C(=O)/C(=C/c2ccc(OC)c(OC)c2)SC1=S. The van der Waals surface area contributed by atoms with Crippen LogP contribution in [0.15, 0.2) is 47.4 Å². The summed E-state index contributed by atoms with van der Waals surface area (Å²) in [6, 6.07) is 12.0. The van der Waals surface area contributed by atoms with Crippen LogP contribution in [0.1, 0.15) is 15.9 Å². The predicted molar refractivity (Wildman–Crippen MR) is 113 cm³/mol. The smallest absolute Gasteiger partial charge is 0.339 e. The van der Waals surface area contributed by atoms with Gasteiger partial charge in [0.05, 0.1) is 37.5 Å². The zero-order chi connectivity index (χ0) is 20.3. The summed E-state index contributed by atoms with van der Waals surface area (Å²) in [6.07, 6.45) is 1.72. The molecule has 0 radical (unpaired) electrons. The standard InChI is InChI=1S/C20H17NO5S2/c1-24-15-9-8-12(10-16(15)25-2)11-17-18(22)21(20(27)28-17)14-7-5-4-6-13(14)19(23)26-3/h4-11H,1-3H3/b17-11-. The number of hydrogen-bond acceptors (Lipinski definition) is 7. The summed E-state index contributed by atoms with van der Waals surface area (Å²) in [5.74, 6) is 0.316. The van der Waals surface area contributed by atoms with Crippen LogP contribution in [0.4, 0.5) is 5.69 Å². The summed E-state index contributed by atoms with van der Waals surface area (Å²) >= 11 is 6.56. The van der Waals surface area contributed by atoms with Gasteiger partial charge in [-0.25, -0.2) is 4.79 Å². The number of nitrogens with zero attached hydrogens (tertiary/aromatic N) is 1. The van der Waals surface area contributed by atoms with Gasteiger partial charge in [0, 0.05) is 0 Å². The highest BCUT2D eigenvalue weighted by Gasteiger charge is 2.35. The molecule has 1 aliphatic rings. The Morgan fingerprint density at radius 3 is 2.46 bits per heavy atom. The number of anilines is 1. The van der Waals surface area contributed by atoms with Gasteiger partial charge in [-0.1, -0.05) is 42.2 Å². The Hall–Kier alpha value is -2.84. The third kappa shape index (κ3) is 3.74. The lowest BCUT2D eigenvalue weighted by Crippen LogP contribution is -2.29. The number of ether oxygens (including phenoxy) is 3. The van der Waals surface area contributed by atoms with Gasteiger partial charge in [-0.3, -0.25) is 9.69 Å². The summed E-state index contributed by atoms with van der Waals surface area (Å²) in [5.41, 5.74) is 1.43. The van der Waals surface area contributed by atoms with Gasteiger partial charge in [0.1, 0.15) is 0 Å². The molecule has 144 valence electrons. The quantitative estimate of drug-likeness (QED) is 0.417. The van der Waals surface area contributed by atoms with Gasteiger partial charge in [-0.15, -0.1) is 0 Å². The number of esters is 1. The number of carbonyl (C=O) groups excluding carboxylic acids is 2. The van der Waals surface area contributed by atoms with E-state index >= 15 is 0 Å². The van der Waals surface area contributed by atoms with Crippen LogP contribution in [0.2, 0.25) is 0 Å². The summed E-state index contributed by atoms with van der Waals surface area (Å²) in [7, 11) is 4.40. The topological polar surface area (TPSA) is 65.1 Å². The molecular weight excluding hydrogens is 398 g/mol. The molecule has 0 aromatic heterocycles. The summed E-state index contributed by atoms with van der Waals surface area (Å²) in [4.78, 5) is 26.8. The molecule has 1 aliphatic heterocycles. The Bertz CT molecular complexity index is 986. The van der Waals surface area contributed by atoms with Crippen molar-refractivity contribution in [3.8, 4) is 11.5 Å². The fourth-order valence-corrected chi connectivity index (χ4v) is 4.01. The highest BCUT2D eigenvalue weighted by atomic mass is 32.2. The van der Waals surface area contributed by atoms with E-state index < -0.39 is 5.97 Å². The van der Waals surface area contributed by atoms with E-state index in [0.717, 1.165) is 5.56 Å². The van der Waals surface area contributed by atoms with Crippen molar-refractivity contribution in [2.45, 2.75) is 0 Å². The molecule has 0 N–H and O–H groups in total. The van der Waals surface area contributed by atoms with Crippen LogP contribution in [0.5, 0.6) is 11.5 Å². The maximum Gasteiger partial charge on any atom is 0.339 e. The van der Waals surface area contributed by atoms with Gasteiger partial charge < -0.3 is 14.2 Å². The molecule has 0 aliphatic carbocycles. The average Bonchev–Trinajstić information content (AvgIpc) is 3.00. The van der Waals surface area contributed by atoms with E-state index in [0.29, 0.717) is 26.4 Å². The molecule has 2 aromatic carbocycles. The van der Waals surface area contributed by atoms with Crippen molar-refractivity contribution in [2.24, 2.45) is 0 Å². The lowest BCUT2D eigenvalue weighted by atomic mass is 10.1. The number of thiocarbonyl (C=S) groups is 1. The lowest BCUT2D eigenvalue weighted by Gasteiger charge is -2.17. The second-order valence-electron chi connectivity index (χ2n) is 5.64. The number of methoxy groups -OCH3 is 3. The minimum atomic E-state index is -0.534. The van der Waals surface area contributed by atoms with Crippen LogP contribution in [-0.2, 0) is 9.53 Å². The molecule has 1 fully saturated rings. The normalized spacial score (nSPS) is 15.1. The number of benzene rings is 2. The molecule has 2 aromatic rings. The van der Waals surface area contributed by atoms with Crippen molar-refractivity contribution in [2.75, 3.05) is 26.2 Å². The van der Waals surface area contributed by atoms with E-state index in [2.05, 4.69) is 0 Å². The predicted octanol–water partition coefficient (Wildman–Crippen LogP) is 3.90. The van der Waals surface area contributed by atoms with Crippen molar-refractivity contribution in [3.05, 3.63) is 58.5 Å². The first-order valence-corrected chi connectivity index (χ1v) is 9.40. The molecule has 8 heteroatoms. The minimum absolute atomic E-state index is 0.272. The Kier molecular flexibility index (Phi) is 6.01. The minimum Gasteiger partial charge on any atom is -0.493 e. The summed E-state index contributed by atoms with van der Waals surface area (Å²) in [5, 5.41) is 0. The molecule has 0 saturated carbocycles. The van der Waals surface area contributed by atoms with Crippen LogP contribution in [-0.4, -0.2) is 37.5 Å². The number of amides is 1. The van der Waals surface area contributed by atoms with E-state index in [1.165, 1.54) is 23.8 Å². The molecule has 0 unspecified atom stereocenters. The number of rotatable bonds is 5. The van der Waals surface area contributed by atoms with Crippen molar-refractivity contribution >= 4 is 51.9 Å². The van der Waals surface area contributed by atoms with Crippen LogP contribution in [0, 0.1) is 0 Å². The zero-order valence-corrected chi connectivity index (χ0v) is 17.1. The fraction of sp³-hybridized carbons (Fsp3) is 0.150. The fourth-order valence-electron chi connectivity index (χ4n) is 2.72. The number of para-hydroxylation sites is 1. The number of thioether (sulfide) groups is 1. The molecular formula is C20H17NO5S2. The first-order valence-electron chi connectivity index (χ1n) is 8.17. The van der Waals surface area contributed by atoms with Crippen molar-refractivity contribution in [1.29, 1.82) is 0 Å². The third-order valence-electron chi connectivity index (χ3n) is 4.05. The van der Waals surface area contributed by atoms with E-state index in [-0.39, 0.29) is 11.5 Å². The second-order valence-corrected chi connectivity index (χ2v) is 7.32. The highest BCUT2D eigenvalue weighted by molar-refractivity contribution is 8.27. The molecule has 6 nitrogen and oxygen atoms in total. The van der Waals surface area contributed by atoms with Crippen molar-refractivity contribution in [1.82, 2.24) is 0 Å². The third-order valence-corrected chi connectivity index (χ3v) is 5.35.